The molecule has 3 aliphatic rings. The molecular weight excluding hydrogens is 356 g/mol. The van der Waals surface area contributed by atoms with Crippen LogP contribution in [0.3, 0.4) is 0 Å². The molecule has 0 radical (unpaired) electrons. The van der Waals surface area contributed by atoms with Gasteiger partial charge in [-0.15, -0.1) is 0 Å². The summed E-state index contributed by atoms with van der Waals surface area (Å²) in [6, 6.07) is 0. The lowest BCUT2D eigenvalue weighted by Gasteiger charge is -2.41. The van der Waals surface area contributed by atoms with E-state index in [1.54, 1.807) is 0 Å². The first-order valence-corrected chi connectivity index (χ1v) is 11.3. The van der Waals surface area contributed by atoms with Crippen LogP contribution in [0.5, 0.6) is 0 Å². The van der Waals surface area contributed by atoms with Gasteiger partial charge in [-0.2, -0.15) is 0 Å². The van der Waals surface area contributed by atoms with Crippen LogP contribution in [0.2, 0.25) is 0 Å². The molecule has 0 amide bonds. The number of rotatable bonds is 6. The highest BCUT2D eigenvalue weighted by Gasteiger charge is 2.46. The molecule has 28 heavy (non-hydrogen) atoms. The highest BCUT2D eigenvalue weighted by Crippen LogP contribution is 2.39. The summed E-state index contributed by atoms with van der Waals surface area (Å²) in [5, 5.41) is 4.65. The molecule has 2 saturated heterocycles. The number of esters is 2. The molecule has 3 rings (SSSR count). The Bertz CT molecular complexity index is 509. The zero-order valence-corrected chi connectivity index (χ0v) is 18.2. The third kappa shape index (κ3) is 5.07. The Morgan fingerprint density at radius 2 is 1.00 bits per heavy atom. The number of carbonyl (C=O) groups is 2. The first-order chi connectivity index (χ1) is 13.2. The monoisotopic (exact) mass is 396 g/mol. The zero-order valence-electron chi connectivity index (χ0n) is 18.2. The van der Waals surface area contributed by atoms with Gasteiger partial charge in [0.2, 0.25) is 0 Å². The van der Waals surface area contributed by atoms with Crippen molar-refractivity contribution < 1.29 is 29.7 Å². The van der Waals surface area contributed by atoms with Gasteiger partial charge < -0.3 is 20.1 Å². The van der Waals surface area contributed by atoms with Gasteiger partial charge in [-0.3, -0.25) is 9.59 Å². The first-order valence-electron chi connectivity index (χ1n) is 11.3. The lowest BCUT2D eigenvalue weighted by Crippen LogP contribution is -2.86. The number of ether oxygens (including phenoxy) is 2. The Morgan fingerprint density at radius 3 is 1.32 bits per heavy atom. The van der Waals surface area contributed by atoms with E-state index in [9.17, 15) is 9.59 Å². The fourth-order valence-electron chi connectivity index (χ4n) is 5.10. The molecule has 1 saturated carbocycles. The van der Waals surface area contributed by atoms with Crippen molar-refractivity contribution in [3.8, 4) is 0 Å². The highest BCUT2D eigenvalue weighted by atomic mass is 16.6. The van der Waals surface area contributed by atoms with Gasteiger partial charge >= 0.3 is 11.9 Å². The quantitative estimate of drug-likeness (QED) is 0.644. The molecule has 0 aromatic heterocycles. The van der Waals surface area contributed by atoms with E-state index in [1.807, 2.05) is 27.7 Å². The Kier molecular flexibility index (Phi) is 6.70. The molecule has 0 atom stereocenters. The van der Waals surface area contributed by atoms with Crippen LogP contribution in [-0.4, -0.2) is 49.3 Å². The Labute approximate surface area is 169 Å². The van der Waals surface area contributed by atoms with Crippen molar-refractivity contribution in [3.63, 3.8) is 0 Å². The summed E-state index contributed by atoms with van der Waals surface area (Å²) in [7, 11) is 0. The normalized spacial score (nSPS) is 27.7. The second kappa shape index (κ2) is 8.70. The van der Waals surface area contributed by atoms with Crippen molar-refractivity contribution in [2.75, 3.05) is 26.2 Å². The minimum Gasteiger partial charge on any atom is -0.459 e. The maximum Gasteiger partial charge on any atom is 0.309 e. The van der Waals surface area contributed by atoms with Crippen molar-refractivity contribution in [1.29, 1.82) is 0 Å². The number of piperidine rings is 2. The Morgan fingerprint density at radius 1 is 0.679 bits per heavy atom. The lowest BCUT2D eigenvalue weighted by molar-refractivity contribution is -0.666. The molecule has 6 heteroatoms. The Hall–Kier alpha value is -1.14. The summed E-state index contributed by atoms with van der Waals surface area (Å²) >= 11 is 0. The fraction of sp³-hybridized carbons (Fsp3) is 0.909. The van der Waals surface area contributed by atoms with Crippen LogP contribution < -0.4 is 10.6 Å². The van der Waals surface area contributed by atoms with Crippen molar-refractivity contribution in [3.05, 3.63) is 0 Å². The van der Waals surface area contributed by atoms with E-state index < -0.39 is 11.2 Å². The SMILES string of the molecule is CC(C)(OC(=O)C1CC(C(=O)OC(C)(C)C2CC[NH2+]CC2)C1)C1CC[NH2+]CC1. The van der Waals surface area contributed by atoms with E-state index in [0.29, 0.717) is 24.7 Å². The van der Waals surface area contributed by atoms with Crippen LogP contribution in [0.4, 0.5) is 0 Å². The first kappa shape index (κ1) is 21.6. The predicted octanol–water partition coefficient (Wildman–Crippen LogP) is 0.603. The molecule has 0 unspecified atom stereocenters. The van der Waals surface area contributed by atoms with Crippen LogP contribution in [0, 0.1) is 23.7 Å². The van der Waals surface area contributed by atoms with Gasteiger partial charge in [0.15, 0.2) is 0 Å². The molecule has 3 fully saturated rings. The molecule has 4 N–H and O–H groups in total. The topological polar surface area (TPSA) is 85.8 Å². The summed E-state index contributed by atoms with van der Waals surface area (Å²) in [5.41, 5.74) is -0.839. The standard InChI is InChI=1S/C22H38N2O4/c1-21(2,17-5-9-23-10-6-17)27-19(25)15-13-16(14-15)20(26)28-22(3,4)18-7-11-24-12-8-18/h15-18,23-24H,5-14H2,1-4H3/p+2. The van der Waals surface area contributed by atoms with Crippen LogP contribution in [0.25, 0.3) is 0 Å². The summed E-state index contributed by atoms with van der Waals surface area (Å²) in [6.07, 6.45) is 5.51. The zero-order chi connectivity index (χ0) is 20.4. The summed E-state index contributed by atoms with van der Waals surface area (Å²) in [4.78, 5) is 25.2. The number of hydrogen-bond acceptors (Lipinski definition) is 4. The van der Waals surface area contributed by atoms with Crippen LogP contribution in [0.1, 0.15) is 66.2 Å². The third-order valence-electron chi connectivity index (χ3n) is 7.38. The van der Waals surface area contributed by atoms with Crippen LogP contribution in [-0.2, 0) is 19.1 Å². The van der Waals surface area contributed by atoms with E-state index in [2.05, 4.69) is 10.6 Å². The lowest BCUT2D eigenvalue weighted by atomic mass is 9.74. The summed E-state index contributed by atoms with van der Waals surface area (Å²) in [6.45, 7) is 12.6. The minimum absolute atomic E-state index is 0.134. The van der Waals surface area contributed by atoms with Gasteiger partial charge in [-0.1, -0.05) is 0 Å². The molecule has 0 spiro atoms. The minimum atomic E-state index is -0.420. The van der Waals surface area contributed by atoms with E-state index in [1.165, 1.54) is 0 Å². The highest BCUT2D eigenvalue weighted by molar-refractivity contribution is 5.80. The number of hydrogen-bond donors (Lipinski definition) is 2. The van der Waals surface area contributed by atoms with Gasteiger partial charge in [0, 0.05) is 37.5 Å². The second-order valence-electron chi connectivity index (χ2n) is 10.2. The van der Waals surface area contributed by atoms with Gasteiger partial charge in [0.1, 0.15) is 11.2 Å². The Balaban J connectivity index is 1.44. The summed E-state index contributed by atoms with van der Waals surface area (Å²) < 4.78 is 11.8. The largest absolute Gasteiger partial charge is 0.459 e. The van der Waals surface area contributed by atoms with Gasteiger partial charge in [0.05, 0.1) is 38.0 Å². The number of carbonyl (C=O) groups excluding carboxylic acids is 2. The molecule has 0 aromatic carbocycles. The summed E-state index contributed by atoms with van der Waals surface area (Å²) in [5.74, 6) is 0.279. The fourth-order valence-corrected chi connectivity index (χ4v) is 5.10. The van der Waals surface area contributed by atoms with E-state index >= 15 is 0 Å². The molecular formula is C22H40N2O4+2. The number of nitrogens with two attached hydrogens (primary N) is 2. The van der Waals surface area contributed by atoms with E-state index in [0.717, 1.165) is 51.9 Å². The molecule has 0 aromatic rings. The maximum atomic E-state index is 12.6. The second-order valence-corrected chi connectivity index (χ2v) is 10.2. The molecule has 2 aliphatic heterocycles. The average Bonchev–Trinajstić information content (AvgIpc) is 2.61. The van der Waals surface area contributed by atoms with E-state index in [-0.39, 0.29) is 23.8 Å². The smallest absolute Gasteiger partial charge is 0.309 e. The van der Waals surface area contributed by atoms with Crippen LogP contribution in [0.15, 0.2) is 0 Å². The number of quaternary nitrogens is 2. The predicted molar refractivity (Wildman–Crippen MR) is 105 cm³/mol. The molecule has 0 bridgehead atoms. The van der Waals surface area contributed by atoms with Gasteiger partial charge in [-0.05, 0) is 40.5 Å². The average molecular weight is 397 g/mol. The third-order valence-corrected chi connectivity index (χ3v) is 7.38. The van der Waals surface area contributed by atoms with Crippen LogP contribution >= 0.6 is 0 Å². The van der Waals surface area contributed by atoms with Gasteiger partial charge in [-0.25, -0.2) is 0 Å². The molecule has 6 nitrogen and oxygen atoms in total. The molecule has 2 heterocycles. The van der Waals surface area contributed by atoms with Crippen molar-refractivity contribution in [2.24, 2.45) is 23.7 Å². The van der Waals surface area contributed by atoms with Crippen molar-refractivity contribution in [1.82, 2.24) is 0 Å². The van der Waals surface area contributed by atoms with Crippen molar-refractivity contribution in [2.45, 2.75) is 77.4 Å². The molecule has 160 valence electrons. The van der Waals surface area contributed by atoms with Crippen molar-refractivity contribution >= 4 is 11.9 Å². The molecule has 1 aliphatic carbocycles. The van der Waals surface area contributed by atoms with Gasteiger partial charge in [0.25, 0.3) is 0 Å². The maximum absolute atomic E-state index is 12.6. The van der Waals surface area contributed by atoms with E-state index in [4.69, 9.17) is 9.47 Å².